The Hall–Kier alpha value is -3.28. The van der Waals surface area contributed by atoms with Crippen LogP contribution in [0.3, 0.4) is 0 Å². The molecule has 2 N–H and O–H groups in total. The van der Waals surface area contributed by atoms with E-state index in [0.717, 1.165) is 24.1 Å². The third-order valence-corrected chi connectivity index (χ3v) is 5.47. The summed E-state index contributed by atoms with van der Waals surface area (Å²) < 4.78 is 5.11. The molecular formula is C23H25N3O3. The van der Waals surface area contributed by atoms with Crippen molar-refractivity contribution in [2.45, 2.75) is 32.7 Å². The van der Waals surface area contributed by atoms with Crippen LogP contribution in [0.25, 0.3) is 10.9 Å². The van der Waals surface area contributed by atoms with Crippen molar-refractivity contribution in [3.8, 4) is 0 Å². The first kappa shape index (κ1) is 19.1. The highest BCUT2D eigenvalue weighted by Crippen LogP contribution is 2.36. The maximum absolute atomic E-state index is 13.1. The molecular weight excluding hydrogens is 366 g/mol. The average molecular weight is 391 g/mol. The highest BCUT2D eigenvalue weighted by molar-refractivity contribution is 6.01. The second kappa shape index (κ2) is 7.99. The largest absolute Gasteiger partial charge is 0.462 e. The number of aromatic nitrogens is 1. The molecule has 150 valence electrons. The summed E-state index contributed by atoms with van der Waals surface area (Å²) in [5, 5.41) is 4.15. The lowest BCUT2D eigenvalue weighted by molar-refractivity contribution is 0.0527. The van der Waals surface area contributed by atoms with E-state index in [0.29, 0.717) is 17.8 Å². The SMILES string of the molecule is CCOC(=O)c1ccccc1NC(=O)N1CCc2c([nH]c3ccccc23)C1CC. The molecule has 0 bridgehead atoms. The number of nitrogens with one attached hydrogen (secondary N) is 2. The lowest BCUT2D eigenvalue weighted by Crippen LogP contribution is -2.42. The number of para-hydroxylation sites is 2. The maximum atomic E-state index is 13.1. The van der Waals surface area contributed by atoms with Gasteiger partial charge in [0.15, 0.2) is 0 Å². The first-order valence-corrected chi connectivity index (χ1v) is 10.1. The summed E-state index contributed by atoms with van der Waals surface area (Å²) in [6.07, 6.45) is 1.59. The van der Waals surface area contributed by atoms with Crippen LogP contribution in [0.1, 0.15) is 47.9 Å². The van der Waals surface area contributed by atoms with Gasteiger partial charge in [-0.1, -0.05) is 37.3 Å². The van der Waals surface area contributed by atoms with E-state index in [1.807, 2.05) is 17.0 Å². The zero-order valence-corrected chi connectivity index (χ0v) is 16.7. The van der Waals surface area contributed by atoms with Gasteiger partial charge in [0.25, 0.3) is 0 Å². The summed E-state index contributed by atoms with van der Waals surface area (Å²) in [4.78, 5) is 30.7. The Morgan fingerprint density at radius 3 is 2.69 bits per heavy atom. The molecule has 6 heteroatoms. The van der Waals surface area contributed by atoms with Gasteiger partial charge in [-0.3, -0.25) is 0 Å². The average Bonchev–Trinajstić information content (AvgIpc) is 3.12. The summed E-state index contributed by atoms with van der Waals surface area (Å²) in [6.45, 7) is 4.75. The number of amides is 2. The fourth-order valence-corrected chi connectivity index (χ4v) is 4.15. The molecule has 1 unspecified atom stereocenters. The number of anilines is 1. The van der Waals surface area contributed by atoms with Crippen LogP contribution >= 0.6 is 0 Å². The van der Waals surface area contributed by atoms with E-state index >= 15 is 0 Å². The number of H-pyrrole nitrogens is 1. The molecule has 4 rings (SSSR count). The number of urea groups is 1. The van der Waals surface area contributed by atoms with Crippen LogP contribution in [-0.4, -0.2) is 35.0 Å². The van der Waals surface area contributed by atoms with Crippen LogP contribution < -0.4 is 5.32 Å². The summed E-state index contributed by atoms with van der Waals surface area (Å²) >= 11 is 0. The Labute approximate surface area is 169 Å². The van der Waals surface area contributed by atoms with E-state index in [-0.39, 0.29) is 18.7 Å². The van der Waals surface area contributed by atoms with Crippen LogP contribution in [-0.2, 0) is 11.2 Å². The molecule has 1 aromatic heterocycles. The van der Waals surface area contributed by atoms with Gasteiger partial charge in [-0.05, 0) is 43.5 Å². The van der Waals surface area contributed by atoms with Gasteiger partial charge in [-0.15, -0.1) is 0 Å². The van der Waals surface area contributed by atoms with Crippen molar-refractivity contribution >= 4 is 28.6 Å². The molecule has 3 aromatic rings. The van der Waals surface area contributed by atoms with Crippen molar-refractivity contribution in [3.63, 3.8) is 0 Å². The van der Waals surface area contributed by atoms with Gasteiger partial charge in [0.1, 0.15) is 0 Å². The Balaban J connectivity index is 1.61. The number of carbonyl (C=O) groups is 2. The molecule has 0 saturated carbocycles. The number of nitrogens with zero attached hydrogens (tertiary/aromatic N) is 1. The fourth-order valence-electron chi connectivity index (χ4n) is 4.15. The molecule has 1 atom stereocenters. The van der Waals surface area contributed by atoms with Gasteiger partial charge >= 0.3 is 12.0 Å². The smallest absolute Gasteiger partial charge is 0.340 e. The minimum Gasteiger partial charge on any atom is -0.462 e. The van der Waals surface area contributed by atoms with Crippen molar-refractivity contribution in [1.82, 2.24) is 9.88 Å². The van der Waals surface area contributed by atoms with E-state index in [1.165, 1.54) is 10.9 Å². The van der Waals surface area contributed by atoms with Gasteiger partial charge in [0.05, 0.1) is 23.9 Å². The number of esters is 1. The number of rotatable bonds is 4. The molecule has 29 heavy (non-hydrogen) atoms. The van der Waals surface area contributed by atoms with E-state index in [2.05, 4.69) is 29.4 Å². The van der Waals surface area contributed by atoms with Crippen LogP contribution in [0.2, 0.25) is 0 Å². The molecule has 1 aliphatic rings. The number of ether oxygens (including phenoxy) is 1. The monoisotopic (exact) mass is 391 g/mol. The molecule has 0 fully saturated rings. The zero-order valence-electron chi connectivity index (χ0n) is 16.7. The molecule has 0 aliphatic carbocycles. The minimum absolute atomic E-state index is 0.0408. The van der Waals surface area contributed by atoms with Crippen LogP contribution in [0.5, 0.6) is 0 Å². The predicted octanol–water partition coefficient (Wildman–Crippen LogP) is 4.89. The summed E-state index contributed by atoms with van der Waals surface area (Å²) in [6, 6.07) is 14.9. The van der Waals surface area contributed by atoms with Crippen molar-refractivity contribution in [3.05, 3.63) is 65.4 Å². The Kier molecular flexibility index (Phi) is 5.25. The molecule has 1 aliphatic heterocycles. The summed E-state index contributed by atoms with van der Waals surface area (Å²) in [5.74, 6) is -0.438. The Morgan fingerprint density at radius 2 is 1.90 bits per heavy atom. The highest BCUT2D eigenvalue weighted by atomic mass is 16.5. The van der Waals surface area contributed by atoms with Crippen LogP contribution in [0.15, 0.2) is 48.5 Å². The fraction of sp³-hybridized carbons (Fsp3) is 0.304. The van der Waals surface area contributed by atoms with Gasteiger partial charge in [-0.25, -0.2) is 9.59 Å². The van der Waals surface area contributed by atoms with Crippen molar-refractivity contribution < 1.29 is 14.3 Å². The number of hydrogen-bond acceptors (Lipinski definition) is 3. The maximum Gasteiger partial charge on any atom is 0.340 e. The normalized spacial score (nSPS) is 15.8. The Bertz CT molecular complexity index is 1060. The molecule has 2 amide bonds. The number of benzene rings is 2. The lowest BCUT2D eigenvalue weighted by Gasteiger charge is -2.35. The number of aromatic amines is 1. The van der Waals surface area contributed by atoms with Crippen molar-refractivity contribution in [2.24, 2.45) is 0 Å². The van der Waals surface area contributed by atoms with Gasteiger partial charge < -0.3 is 19.9 Å². The van der Waals surface area contributed by atoms with Crippen molar-refractivity contribution in [1.29, 1.82) is 0 Å². The van der Waals surface area contributed by atoms with E-state index in [9.17, 15) is 9.59 Å². The quantitative estimate of drug-likeness (QED) is 0.622. The topological polar surface area (TPSA) is 74.4 Å². The predicted molar refractivity (Wildman–Crippen MR) is 113 cm³/mol. The third kappa shape index (κ3) is 3.46. The molecule has 2 heterocycles. The molecule has 2 aromatic carbocycles. The zero-order chi connectivity index (χ0) is 20.4. The van der Waals surface area contributed by atoms with Gasteiger partial charge in [0.2, 0.25) is 0 Å². The minimum atomic E-state index is -0.438. The molecule has 0 radical (unpaired) electrons. The highest BCUT2D eigenvalue weighted by Gasteiger charge is 2.32. The molecule has 0 spiro atoms. The summed E-state index contributed by atoms with van der Waals surface area (Å²) in [7, 11) is 0. The second-order valence-corrected chi connectivity index (χ2v) is 7.13. The first-order chi connectivity index (χ1) is 14.1. The van der Waals surface area contributed by atoms with E-state index in [4.69, 9.17) is 4.74 Å². The van der Waals surface area contributed by atoms with Gasteiger partial charge in [-0.2, -0.15) is 0 Å². The Morgan fingerprint density at radius 1 is 1.14 bits per heavy atom. The van der Waals surface area contributed by atoms with Gasteiger partial charge in [0, 0.05) is 23.1 Å². The van der Waals surface area contributed by atoms with Crippen LogP contribution in [0, 0.1) is 0 Å². The standard InChI is InChI=1S/C23H25N3O3/c1-3-20-21-16(15-9-5-7-11-18(15)24-21)13-14-26(20)23(28)25-19-12-8-6-10-17(19)22(27)29-4-2/h5-12,20,24H,3-4,13-14H2,1-2H3,(H,25,28). The van der Waals surface area contributed by atoms with E-state index < -0.39 is 5.97 Å². The van der Waals surface area contributed by atoms with Crippen molar-refractivity contribution in [2.75, 3.05) is 18.5 Å². The second-order valence-electron chi connectivity index (χ2n) is 7.13. The lowest BCUT2D eigenvalue weighted by atomic mass is 9.96. The third-order valence-electron chi connectivity index (χ3n) is 5.47. The van der Waals surface area contributed by atoms with Crippen LogP contribution in [0.4, 0.5) is 10.5 Å². The first-order valence-electron chi connectivity index (χ1n) is 10.1. The van der Waals surface area contributed by atoms with E-state index in [1.54, 1.807) is 31.2 Å². The molecule has 6 nitrogen and oxygen atoms in total. The molecule has 0 saturated heterocycles. The summed E-state index contributed by atoms with van der Waals surface area (Å²) in [5.41, 5.74) is 4.33. The number of hydrogen-bond donors (Lipinski definition) is 2. The number of fused-ring (bicyclic) bond motifs is 3. The number of carbonyl (C=O) groups excluding carboxylic acids is 2.